The third kappa shape index (κ3) is 8.25. The van der Waals surface area contributed by atoms with Crippen LogP contribution < -0.4 is 0 Å². The first-order chi connectivity index (χ1) is 26.0. The van der Waals surface area contributed by atoms with Gasteiger partial charge in [-0.2, -0.15) is 0 Å². The molecule has 1 aromatic rings. The Labute approximate surface area is 333 Å². The van der Waals surface area contributed by atoms with E-state index >= 15 is 0 Å². The molecule has 5 aliphatic carbocycles. The van der Waals surface area contributed by atoms with Crippen molar-refractivity contribution in [3.8, 4) is 0 Å². The molecular formula is C54H78. The summed E-state index contributed by atoms with van der Waals surface area (Å²) in [6.07, 6.45) is 28.5. The molecule has 54 heavy (non-hydrogen) atoms. The van der Waals surface area contributed by atoms with Gasteiger partial charge in [0.2, 0.25) is 0 Å². The van der Waals surface area contributed by atoms with E-state index in [2.05, 4.69) is 97.9 Å². The van der Waals surface area contributed by atoms with Gasteiger partial charge in [-0.3, -0.25) is 0 Å². The van der Waals surface area contributed by atoms with E-state index in [-0.39, 0.29) is 0 Å². The van der Waals surface area contributed by atoms with Gasteiger partial charge in [-0.15, -0.1) is 0 Å². The maximum atomic E-state index is 4.99. The molecule has 0 nitrogen and oxygen atoms in total. The Hall–Kier alpha value is -2.60. The van der Waals surface area contributed by atoms with E-state index in [4.69, 9.17) is 19.7 Å². The highest BCUT2D eigenvalue weighted by Gasteiger charge is 2.55. The van der Waals surface area contributed by atoms with Gasteiger partial charge in [-0.1, -0.05) is 153 Å². The minimum absolute atomic E-state index is 0.319. The van der Waals surface area contributed by atoms with Gasteiger partial charge in [-0.05, 0) is 175 Å². The van der Waals surface area contributed by atoms with E-state index in [0.717, 1.165) is 36.0 Å². The monoisotopic (exact) mass is 727 g/mol. The lowest BCUT2D eigenvalue weighted by Gasteiger charge is -2.50. The van der Waals surface area contributed by atoms with Gasteiger partial charge in [0, 0.05) is 5.92 Å². The third-order valence-electron chi connectivity index (χ3n) is 16.4. The molecule has 3 fully saturated rings. The van der Waals surface area contributed by atoms with E-state index in [1.165, 1.54) is 135 Å². The standard InChI is InChI=1S/C54H78/c1-12-41-22-24-43(25-23-41)26-27-51(45-19-17-18-44(29-45)39(10)48-33-54(34-48)32-36(7)49(14-3)53(54)16-5)50(15-4)40(11)52-31-47(37(8)38(52)9)30-46-28-42(13-2)21-20-35(46)6/h14,17-19,29-31,36,38,41-43,48,50-51,53H,8,10-13,15-16,20-28,32-34H2,1-7,9H3/b47-30-,49-14?/t36-,38?,41?,42+,43?,48?,50?,51-,53-,54?/m1/s1. The summed E-state index contributed by atoms with van der Waals surface area (Å²) in [6.45, 7) is 33.6. The predicted octanol–water partition coefficient (Wildman–Crippen LogP) is 16.4. The van der Waals surface area contributed by atoms with Crippen molar-refractivity contribution in [2.45, 2.75) is 164 Å². The highest BCUT2D eigenvalue weighted by atomic mass is 14.6. The van der Waals surface area contributed by atoms with Crippen LogP contribution in [0.25, 0.3) is 5.57 Å². The van der Waals surface area contributed by atoms with Crippen LogP contribution in [0.3, 0.4) is 0 Å². The molecule has 0 bridgehead atoms. The molecule has 5 aliphatic rings. The van der Waals surface area contributed by atoms with Crippen LogP contribution in [0.2, 0.25) is 0 Å². The highest BCUT2D eigenvalue weighted by molar-refractivity contribution is 5.67. The number of hydrogen-bond donors (Lipinski definition) is 0. The Bertz CT molecular complexity index is 1650. The van der Waals surface area contributed by atoms with Crippen LogP contribution in [-0.2, 0) is 0 Å². The minimum Gasteiger partial charge on any atom is -0.0952 e. The van der Waals surface area contributed by atoms with Crippen molar-refractivity contribution in [3.05, 3.63) is 112 Å². The summed E-state index contributed by atoms with van der Waals surface area (Å²) < 4.78 is 0. The lowest BCUT2D eigenvalue weighted by Crippen LogP contribution is -2.40. The molecule has 0 N–H and O–H groups in total. The molecule has 0 saturated heterocycles. The zero-order valence-corrected chi connectivity index (χ0v) is 36.2. The third-order valence-corrected chi connectivity index (χ3v) is 16.4. The number of benzene rings is 1. The van der Waals surface area contributed by atoms with E-state index < -0.39 is 0 Å². The second kappa shape index (κ2) is 17.7. The van der Waals surface area contributed by atoms with Crippen molar-refractivity contribution in [2.24, 2.45) is 52.8 Å². The summed E-state index contributed by atoms with van der Waals surface area (Å²) >= 11 is 0. The normalized spacial score (nSPS) is 34.0. The number of rotatable bonds is 14. The highest BCUT2D eigenvalue weighted by Crippen LogP contribution is 2.65. The van der Waals surface area contributed by atoms with Crippen LogP contribution in [0.4, 0.5) is 0 Å². The quantitative estimate of drug-likeness (QED) is 0.167. The zero-order chi connectivity index (χ0) is 38.7. The topological polar surface area (TPSA) is 0 Å². The molecule has 2 unspecified atom stereocenters. The molecule has 0 amide bonds. The molecule has 6 rings (SSSR count). The molecule has 1 spiro atoms. The van der Waals surface area contributed by atoms with Crippen LogP contribution in [-0.4, -0.2) is 0 Å². The van der Waals surface area contributed by atoms with Crippen LogP contribution in [0, 0.1) is 52.8 Å². The second-order valence-corrected chi connectivity index (χ2v) is 19.3. The van der Waals surface area contributed by atoms with Crippen molar-refractivity contribution >= 4 is 5.57 Å². The zero-order valence-electron chi connectivity index (χ0n) is 36.2. The van der Waals surface area contributed by atoms with Gasteiger partial charge in [0.25, 0.3) is 0 Å². The van der Waals surface area contributed by atoms with E-state index in [1.807, 2.05) is 0 Å². The summed E-state index contributed by atoms with van der Waals surface area (Å²) in [6, 6.07) is 9.76. The van der Waals surface area contributed by atoms with E-state index in [0.29, 0.717) is 29.1 Å². The molecule has 1 aromatic carbocycles. The Morgan fingerprint density at radius 3 is 2.26 bits per heavy atom. The van der Waals surface area contributed by atoms with Crippen LogP contribution in [0.1, 0.15) is 175 Å². The fourth-order valence-corrected chi connectivity index (χ4v) is 12.7. The molecule has 6 atom stereocenters. The maximum Gasteiger partial charge on any atom is 0.00639 e. The largest absolute Gasteiger partial charge is 0.0952 e. The molecule has 3 saturated carbocycles. The molecule has 294 valence electrons. The second-order valence-electron chi connectivity index (χ2n) is 19.3. The Balaban J connectivity index is 1.26. The lowest BCUT2D eigenvalue weighted by molar-refractivity contribution is 0.0457. The average molecular weight is 727 g/mol. The molecule has 0 aromatic heterocycles. The van der Waals surface area contributed by atoms with Crippen LogP contribution >= 0.6 is 0 Å². The summed E-state index contributed by atoms with van der Waals surface area (Å²) in [5, 5.41) is 0. The van der Waals surface area contributed by atoms with Gasteiger partial charge in [0.05, 0.1) is 0 Å². The fourth-order valence-electron chi connectivity index (χ4n) is 12.7. The summed E-state index contributed by atoms with van der Waals surface area (Å²) in [5.41, 5.74) is 15.1. The van der Waals surface area contributed by atoms with Gasteiger partial charge >= 0.3 is 0 Å². The van der Waals surface area contributed by atoms with Gasteiger partial charge in [0.1, 0.15) is 0 Å². The van der Waals surface area contributed by atoms with Crippen molar-refractivity contribution < 1.29 is 0 Å². The lowest BCUT2D eigenvalue weighted by atomic mass is 9.54. The van der Waals surface area contributed by atoms with E-state index in [9.17, 15) is 0 Å². The fraction of sp³-hybridized carbons (Fsp3) is 0.630. The van der Waals surface area contributed by atoms with Crippen molar-refractivity contribution in [1.29, 1.82) is 0 Å². The predicted molar refractivity (Wildman–Crippen MR) is 237 cm³/mol. The SMILES string of the molecule is C=C(c1cccc([C@@H](CCC2CCC(CC)CC2)C(CC)C(=C)C2=C/C(=C/C3=C(C)CC[C@H](CC)C3)C(=C)C2C)c1)C1CC2(C1)C[C@@H](C)C(=CC)[C@H]2CC. The molecule has 0 aliphatic heterocycles. The Morgan fingerprint density at radius 2 is 1.61 bits per heavy atom. The first kappa shape index (κ1) is 41.0. The number of hydrogen-bond acceptors (Lipinski definition) is 0. The molecule has 0 heterocycles. The Morgan fingerprint density at radius 1 is 0.907 bits per heavy atom. The number of allylic oxidation sites excluding steroid dienone is 11. The summed E-state index contributed by atoms with van der Waals surface area (Å²) in [7, 11) is 0. The van der Waals surface area contributed by atoms with Crippen molar-refractivity contribution in [3.63, 3.8) is 0 Å². The van der Waals surface area contributed by atoms with Crippen LogP contribution in [0.5, 0.6) is 0 Å². The maximum absolute atomic E-state index is 4.99. The van der Waals surface area contributed by atoms with Gasteiger partial charge in [0.15, 0.2) is 0 Å². The first-order valence-electron chi connectivity index (χ1n) is 22.9. The first-order valence-corrected chi connectivity index (χ1v) is 22.9. The van der Waals surface area contributed by atoms with E-state index in [1.54, 1.807) is 16.7 Å². The summed E-state index contributed by atoms with van der Waals surface area (Å²) in [5.74, 6) is 5.93. The molecule has 0 heteroatoms. The smallest absolute Gasteiger partial charge is 0.00639 e. The van der Waals surface area contributed by atoms with Crippen molar-refractivity contribution in [2.75, 3.05) is 0 Å². The molecular weight excluding hydrogens is 649 g/mol. The van der Waals surface area contributed by atoms with Gasteiger partial charge < -0.3 is 0 Å². The minimum atomic E-state index is 0.319. The average Bonchev–Trinajstić information content (AvgIpc) is 3.63. The van der Waals surface area contributed by atoms with Gasteiger partial charge in [-0.25, -0.2) is 0 Å². The Kier molecular flexibility index (Phi) is 13.4. The molecule has 0 radical (unpaired) electrons. The van der Waals surface area contributed by atoms with Crippen molar-refractivity contribution in [1.82, 2.24) is 0 Å². The van der Waals surface area contributed by atoms with Crippen LogP contribution in [0.15, 0.2) is 101 Å². The summed E-state index contributed by atoms with van der Waals surface area (Å²) in [4.78, 5) is 0.